The van der Waals surface area contributed by atoms with Crippen molar-refractivity contribution in [3.05, 3.63) is 72.8 Å². The Labute approximate surface area is 101 Å². The second kappa shape index (κ2) is 4.06. The first kappa shape index (κ1) is 10.1. The second-order valence-electron chi connectivity index (χ2n) is 4.28. The van der Waals surface area contributed by atoms with Crippen LogP contribution in [-0.4, -0.2) is 0 Å². The van der Waals surface area contributed by atoms with E-state index in [9.17, 15) is 0 Å². The molecule has 0 atom stereocenters. The van der Waals surface area contributed by atoms with Crippen LogP contribution in [-0.2, 0) is 6.42 Å². The minimum atomic E-state index is 0.815. The van der Waals surface area contributed by atoms with Crippen molar-refractivity contribution in [1.82, 2.24) is 0 Å². The highest BCUT2D eigenvalue weighted by atomic mass is 14.1. The summed E-state index contributed by atoms with van der Waals surface area (Å²) in [5.41, 5.74) is 1.29. The molecule has 0 saturated heterocycles. The molecule has 0 aromatic heterocycles. The Bertz CT molecular complexity index is 693. The lowest BCUT2D eigenvalue weighted by Crippen LogP contribution is -1.84. The van der Waals surface area contributed by atoms with Gasteiger partial charge in [-0.1, -0.05) is 55.1 Å². The molecular weight excluding hydrogens is 204 g/mol. The zero-order valence-electron chi connectivity index (χ0n) is 9.56. The summed E-state index contributed by atoms with van der Waals surface area (Å²) in [4.78, 5) is 0. The molecule has 1 radical (unpaired) electrons. The number of allylic oxidation sites excluding steroid dienone is 1. The number of benzene rings is 3. The molecule has 0 aliphatic carbocycles. The molecule has 3 aromatic rings. The molecule has 3 rings (SSSR count). The van der Waals surface area contributed by atoms with E-state index >= 15 is 0 Å². The van der Waals surface area contributed by atoms with Crippen LogP contribution in [0.1, 0.15) is 5.56 Å². The van der Waals surface area contributed by atoms with Crippen molar-refractivity contribution in [2.45, 2.75) is 6.42 Å². The molecule has 0 heteroatoms. The average Bonchev–Trinajstić information content (AvgIpc) is 2.37. The smallest absolute Gasteiger partial charge is 0.00882 e. The third-order valence-corrected chi connectivity index (χ3v) is 3.17. The van der Waals surface area contributed by atoms with Crippen molar-refractivity contribution in [1.29, 1.82) is 0 Å². The van der Waals surface area contributed by atoms with Crippen LogP contribution in [0.2, 0.25) is 0 Å². The zero-order valence-corrected chi connectivity index (χ0v) is 9.56. The van der Waals surface area contributed by atoms with E-state index in [2.05, 4.69) is 54.6 Å². The minimum Gasteiger partial charge on any atom is -0.0801 e. The Morgan fingerprint density at radius 1 is 0.824 bits per heavy atom. The van der Waals surface area contributed by atoms with Gasteiger partial charge in [-0.15, -0.1) is 0 Å². The van der Waals surface area contributed by atoms with E-state index in [1.807, 2.05) is 0 Å². The first-order valence-electron chi connectivity index (χ1n) is 5.82. The van der Waals surface area contributed by atoms with Crippen LogP contribution in [0.4, 0.5) is 0 Å². The molecule has 0 amide bonds. The highest BCUT2D eigenvalue weighted by Gasteiger charge is 2.01. The van der Waals surface area contributed by atoms with Gasteiger partial charge in [-0.25, -0.2) is 0 Å². The SMILES string of the molecule is [CH]=CCc1cccc2cc3ccccc3cc12. The second-order valence-corrected chi connectivity index (χ2v) is 4.28. The van der Waals surface area contributed by atoms with Crippen molar-refractivity contribution in [2.75, 3.05) is 0 Å². The monoisotopic (exact) mass is 217 g/mol. The van der Waals surface area contributed by atoms with Crippen LogP contribution in [0, 0.1) is 6.58 Å². The van der Waals surface area contributed by atoms with Gasteiger partial charge in [0.2, 0.25) is 0 Å². The van der Waals surface area contributed by atoms with Gasteiger partial charge in [-0.05, 0) is 45.7 Å². The minimum absolute atomic E-state index is 0.815. The molecule has 0 heterocycles. The fraction of sp³-hybridized carbons (Fsp3) is 0.0588. The molecule has 17 heavy (non-hydrogen) atoms. The molecule has 0 fully saturated rings. The largest absolute Gasteiger partial charge is 0.0801 e. The molecular formula is C17H13. The molecule has 0 unspecified atom stereocenters. The maximum atomic E-state index is 5.54. The topological polar surface area (TPSA) is 0 Å². The Morgan fingerprint density at radius 2 is 1.53 bits per heavy atom. The predicted molar refractivity (Wildman–Crippen MR) is 74.0 cm³/mol. The van der Waals surface area contributed by atoms with Crippen LogP contribution < -0.4 is 0 Å². The van der Waals surface area contributed by atoms with Crippen molar-refractivity contribution < 1.29 is 0 Å². The highest BCUT2D eigenvalue weighted by Crippen LogP contribution is 2.25. The summed E-state index contributed by atoms with van der Waals surface area (Å²) in [6, 6.07) is 19.3. The van der Waals surface area contributed by atoms with Crippen LogP contribution >= 0.6 is 0 Å². The van der Waals surface area contributed by atoms with Crippen molar-refractivity contribution in [3.8, 4) is 0 Å². The van der Waals surface area contributed by atoms with Crippen molar-refractivity contribution in [3.63, 3.8) is 0 Å². The fourth-order valence-electron chi connectivity index (χ4n) is 2.34. The molecule has 0 N–H and O–H groups in total. The Kier molecular flexibility index (Phi) is 2.41. The molecule has 0 bridgehead atoms. The van der Waals surface area contributed by atoms with Crippen LogP contribution in [0.25, 0.3) is 21.5 Å². The van der Waals surface area contributed by atoms with E-state index in [4.69, 9.17) is 6.58 Å². The zero-order chi connectivity index (χ0) is 11.7. The van der Waals surface area contributed by atoms with E-state index in [-0.39, 0.29) is 0 Å². The summed E-state index contributed by atoms with van der Waals surface area (Å²) in [5, 5.41) is 5.15. The number of hydrogen-bond donors (Lipinski definition) is 0. The summed E-state index contributed by atoms with van der Waals surface area (Å²) >= 11 is 0. The van der Waals surface area contributed by atoms with Gasteiger partial charge in [0.25, 0.3) is 0 Å². The lowest BCUT2D eigenvalue weighted by molar-refractivity contribution is 1.31. The first-order valence-corrected chi connectivity index (χ1v) is 5.82. The maximum Gasteiger partial charge on any atom is -0.00882 e. The molecule has 0 saturated carbocycles. The lowest BCUT2D eigenvalue weighted by Gasteiger charge is -2.06. The number of hydrogen-bond acceptors (Lipinski definition) is 0. The van der Waals surface area contributed by atoms with Gasteiger partial charge in [-0.2, -0.15) is 0 Å². The summed E-state index contributed by atoms with van der Waals surface area (Å²) in [5.74, 6) is 0. The van der Waals surface area contributed by atoms with Gasteiger partial charge in [0.05, 0.1) is 0 Å². The maximum absolute atomic E-state index is 5.54. The summed E-state index contributed by atoms with van der Waals surface area (Å²) in [6.07, 6.45) is 2.53. The van der Waals surface area contributed by atoms with E-state index in [1.165, 1.54) is 27.1 Å². The molecule has 0 spiro atoms. The first-order chi connectivity index (χ1) is 8.38. The van der Waals surface area contributed by atoms with E-state index in [0.29, 0.717) is 0 Å². The average molecular weight is 217 g/mol. The quantitative estimate of drug-likeness (QED) is 0.553. The summed E-state index contributed by atoms with van der Waals surface area (Å²) < 4.78 is 0. The third kappa shape index (κ3) is 1.72. The lowest BCUT2D eigenvalue weighted by atomic mass is 9.98. The molecule has 0 aliphatic heterocycles. The van der Waals surface area contributed by atoms with Gasteiger partial charge >= 0.3 is 0 Å². The van der Waals surface area contributed by atoms with Crippen LogP contribution in [0.15, 0.2) is 60.7 Å². The number of fused-ring (bicyclic) bond motifs is 2. The van der Waals surface area contributed by atoms with Crippen molar-refractivity contribution >= 4 is 21.5 Å². The Hall–Kier alpha value is -2.08. The van der Waals surface area contributed by atoms with Gasteiger partial charge in [0.1, 0.15) is 0 Å². The van der Waals surface area contributed by atoms with Crippen LogP contribution in [0.5, 0.6) is 0 Å². The van der Waals surface area contributed by atoms with E-state index in [0.717, 1.165) is 6.42 Å². The predicted octanol–water partition coefficient (Wildman–Crippen LogP) is 4.52. The van der Waals surface area contributed by atoms with Crippen LogP contribution in [0.3, 0.4) is 0 Å². The standard InChI is InChI=1S/C17H13/c1-2-6-13-9-5-10-16-11-14-7-3-4-8-15(14)12-17(13)16/h1-5,7-12H,6H2. The fourth-order valence-corrected chi connectivity index (χ4v) is 2.34. The number of rotatable bonds is 2. The molecule has 3 aromatic carbocycles. The van der Waals surface area contributed by atoms with Gasteiger partial charge in [-0.3, -0.25) is 0 Å². The van der Waals surface area contributed by atoms with Gasteiger partial charge < -0.3 is 0 Å². The highest BCUT2D eigenvalue weighted by molar-refractivity contribution is 5.99. The van der Waals surface area contributed by atoms with E-state index in [1.54, 1.807) is 6.08 Å². The Balaban J connectivity index is 2.39. The third-order valence-electron chi connectivity index (χ3n) is 3.17. The molecule has 81 valence electrons. The molecule has 0 nitrogen and oxygen atoms in total. The summed E-state index contributed by atoms with van der Waals surface area (Å²) in [6.45, 7) is 5.54. The molecule has 0 aliphatic rings. The van der Waals surface area contributed by atoms with E-state index < -0.39 is 0 Å². The normalized spacial score (nSPS) is 10.8. The van der Waals surface area contributed by atoms with Gasteiger partial charge in [0.15, 0.2) is 0 Å². The Morgan fingerprint density at radius 3 is 2.29 bits per heavy atom. The van der Waals surface area contributed by atoms with Crippen molar-refractivity contribution in [2.24, 2.45) is 0 Å². The van der Waals surface area contributed by atoms with Gasteiger partial charge in [0, 0.05) is 0 Å². The summed E-state index contributed by atoms with van der Waals surface area (Å²) in [7, 11) is 0.